The predicted octanol–water partition coefficient (Wildman–Crippen LogP) is 0.881. The van der Waals surface area contributed by atoms with E-state index in [1.165, 1.54) is 10.8 Å². The normalized spacial score (nSPS) is 10.7. The van der Waals surface area contributed by atoms with Gasteiger partial charge in [0, 0.05) is 0 Å². The van der Waals surface area contributed by atoms with Gasteiger partial charge < -0.3 is 5.73 Å². The van der Waals surface area contributed by atoms with Gasteiger partial charge in [0.25, 0.3) is 0 Å². The molecular formula is C10H17NSi. The van der Waals surface area contributed by atoms with Crippen molar-refractivity contribution >= 4 is 14.0 Å². The summed E-state index contributed by atoms with van der Waals surface area (Å²) in [6, 6.07) is 8.91. The molecule has 0 saturated carbocycles. The lowest BCUT2D eigenvalue weighted by Gasteiger charge is -2.04. The van der Waals surface area contributed by atoms with Crippen LogP contribution in [0.5, 0.6) is 0 Å². The van der Waals surface area contributed by atoms with E-state index in [0.717, 1.165) is 13.0 Å². The van der Waals surface area contributed by atoms with Gasteiger partial charge in [-0.25, -0.2) is 0 Å². The number of hydrogen-bond donors (Lipinski definition) is 1. The monoisotopic (exact) mass is 179 g/mol. The summed E-state index contributed by atoms with van der Waals surface area (Å²) >= 11 is 0. The molecule has 1 rings (SSSR count). The molecule has 1 nitrogen and oxygen atoms in total. The molecule has 0 aromatic heterocycles. The van der Waals surface area contributed by atoms with E-state index in [2.05, 4.69) is 37.4 Å². The predicted molar refractivity (Wildman–Crippen MR) is 57.7 cm³/mol. The van der Waals surface area contributed by atoms with Gasteiger partial charge in [0.15, 0.2) is 0 Å². The molecule has 0 aliphatic carbocycles. The van der Waals surface area contributed by atoms with Gasteiger partial charge >= 0.3 is 0 Å². The molecule has 1 aromatic rings. The summed E-state index contributed by atoms with van der Waals surface area (Å²) < 4.78 is 0. The van der Waals surface area contributed by atoms with Crippen molar-refractivity contribution in [3.8, 4) is 0 Å². The standard InChI is InChI=1S/C10H17NSi/c1-12(2)10-5-3-9(4-6-10)7-8-11/h3-6,12H,7-8,11H2,1-2H3. The first-order valence-electron chi connectivity index (χ1n) is 4.53. The lowest BCUT2D eigenvalue weighted by atomic mass is 10.2. The third-order valence-corrected chi connectivity index (χ3v) is 3.80. The van der Waals surface area contributed by atoms with Crippen LogP contribution >= 0.6 is 0 Å². The molecule has 0 heterocycles. The van der Waals surface area contributed by atoms with Crippen LogP contribution in [0.15, 0.2) is 24.3 Å². The van der Waals surface area contributed by atoms with Crippen LogP contribution < -0.4 is 10.9 Å². The zero-order chi connectivity index (χ0) is 8.97. The summed E-state index contributed by atoms with van der Waals surface area (Å²) in [5.41, 5.74) is 6.82. The lowest BCUT2D eigenvalue weighted by Crippen LogP contribution is -2.22. The first-order chi connectivity index (χ1) is 5.74. The van der Waals surface area contributed by atoms with Crippen LogP contribution in [0.1, 0.15) is 5.56 Å². The highest BCUT2D eigenvalue weighted by atomic mass is 28.3. The second-order valence-corrected chi connectivity index (χ2v) is 6.41. The fraction of sp³-hybridized carbons (Fsp3) is 0.400. The molecule has 0 amide bonds. The minimum atomic E-state index is -0.601. The van der Waals surface area contributed by atoms with E-state index >= 15 is 0 Å². The van der Waals surface area contributed by atoms with Gasteiger partial charge in [0.05, 0.1) is 8.80 Å². The van der Waals surface area contributed by atoms with Crippen molar-refractivity contribution in [3.63, 3.8) is 0 Å². The quantitative estimate of drug-likeness (QED) is 0.685. The summed E-state index contributed by atoms with van der Waals surface area (Å²) in [4.78, 5) is 0. The summed E-state index contributed by atoms with van der Waals surface area (Å²) in [5.74, 6) is 0. The fourth-order valence-electron chi connectivity index (χ4n) is 1.24. The minimum Gasteiger partial charge on any atom is -0.330 e. The Morgan fingerprint density at radius 2 is 1.75 bits per heavy atom. The molecule has 12 heavy (non-hydrogen) atoms. The Morgan fingerprint density at radius 3 is 2.17 bits per heavy atom. The number of benzene rings is 1. The topological polar surface area (TPSA) is 26.0 Å². The van der Waals surface area contributed by atoms with E-state index in [1.54, 1.807) is 0 Å². The Kier molecular flexibility index (Phi) is 3.50. The lowest BCUT2D eigenvalue weighted by molar-refractivity contribution is 0.969. The van der Waals surface area contributed by atoms with Crippen molar-refractivity contribution in [2.24, 2.45) is 5.73 Å². The van der Waals surface area contributed by atoms with Gasteiger partial charge in [-0.3, -0.25) is 0 Å². The summed E-state index contributed by atoms with van der Waals surface area (Å²) in [6.45, 7) is 5.44. The average Bonchev–Trinajstić information content (AvgIpc) is 2.06. The van der Waals surface area contributed by atoms with Gasteiger partial charge in [-0.05, 0) is 18.5 Å². The van der Waals surface area contributed by atoms with Gasteiger partial charge in [0.1, 0.15) is 0 Å². The van der Waals surface area contributed by atoms with Crippen molar-refractivity contribution in [2.45, 2.75) is 19.5 Å². The van der Waals surface area contributed by atoms with E-state index in [0.29, 0.717) is 0 Å². The first kappa shape index (κ1) is 9.48. The maximum absolute atomic E-state index is 5.47. The number of hydrogen-bond acceptors (Lipinski definition) is 1. The second kappa shape index (κ2) is 4.43. The molecule has 0 atom stereocenters. The summed E-state index contributed by atoms with van der Waals surface area (Å²) in [7, 11) is -0.601. The van der Waals surface area contributed by atoms with Gasteiger partial charge in [0.2, 0.25) is 0 Å². The largest absolute Gasteiger partial charge is 0.330 e. The zero-order valence-electron chi connectivity index (χ0n) is 7.88. The SMILES string of the molecule is C[SiH](C)c1ccc(CCN)cc1. The van der Waals surface area contributed by atoms with Gasteiger partial charge in [-0.15, -0.1) is 0 Å². The van der Waals surface area contributed by atoms with Crippen molar-refractivity contribution in [2.75, 3.05) is 6.54 Å². The smallest absolute Gasteiger partial charge is 0.0647 e. The Balaban J connectivity index is 2.71. The Bertz CT molecular complexity index is 228. The molecule has 0 unspecified atom stereocenters. The first-order valence-corrected chi connectivity index (χ1v) is 7.41. The van der Waals surface area contributed by atoms with E-state index in [1.807, 2.05) is 0 Å². The summed E-state index contributed by atoms with van der Waals surface area (Å²) in [5, 5.41) is 1.54. The molecule has 0 saturated heterocycles. The van der Waals surface area contributed by atoms with Crippen LogP contribution in [0.25, 0.3) is 0 Å². The second-order valence-electron chi connectivity index (χ2n) is 3.43. The van der Waals surface area contributed by atoms with Crippen molar-refractivity contribution < 1.29 is 0 Å². The maximum atomic E-state index is 5.47. The molecule has 0 aliphatic rings. The van der Waals surface area contributed by atoms with Gasteiger partial charge in [-0.1, -0.05) is 42.5 Å². The third-order valence-electron chi connectivity index (χ3n) is 2.08. The Labute approximate surface area is 76.2 Å². The number of rotatable bonds is 3. The Hall–Kier alpha value is -0.603. The van der Waals surface area contributed by atoms with E-state index < -0.39 is 8.80 Å². The van der Waals surface area contributed by atoms with Crippen LogP contribution in [0.4, 0.5) is 0 Å². The van der Waals surface area contributed by atoms with E-state index in [-0.39, 0.29) is 0 Å². The van der Waals surface area contributed by atoms with Crippen LogP contribution in [0, 0.1) is 0 Å². The molecule has 0 aliphatic heterocycles. The van der Waals surface area contributed by atoms with E-state index in [9.17, 15) is 0 Å². The minimum absolute atomic E-state index is 0.601. The highest BCUT2D eigenvalue weighted by Gasteiger charge is 1.98. The molecular weight excluding hydrogens is 162 g/mol. The molecule has 2 heteroatoms. The summed E-state index contributed by atoms with van der Waals surface area (Å²) in [6.07, 6.45) is 1.000. The Morgan fingerprint density at radius 1 is 1.17 bits per heavy atom. The van der Waals surface area contributed by atoms with Crippen molar-refractivity contribution in [1.29, 1.82) is 0 Å². The molecule has 0 fully saturated rings. The van der Waals surface area contributed by atoms with Crippen LogP contribution in [-0.4, -0.2) is 15.3 Å². The average molecular weight is 179 g/mol. The highest BCUT2D eigenvalue weighted by Crippen LogP contribution is 1.97. The van der Waals surface area contributed by atoms with Crippen molar-refractivity contribution in [1.82, 2.24) is 0 Å². The van der Waals surface area contributed by atoms with Crippen LogP contribution in [0.3, 0.4) is 0 Å². The van der Waals surface area contributed by atoms with Crippen molar-refractivity contribution in [3.05, 3.63) is 29.8 Å². The molecule has 2 N–H and O–H groups in total. The van der Waals surface area contributed by atoms with Crippen LogP contribution in [0.2, 0.25) is 13.1 Å². The van der Waals surface area contributed by atoms with E-state index in [4.69, 9.17) is 5.73 Å². The third kappa shape index (κ3) is 2.46. The number of nitrogens with two attached hydrogens (primary N) is 1. The maximum Gasteiger partial charge on any atom is 0.0647 e. The fourth-order valence-corrected chi connectivity index (χ4v) is 2.20. The molecule has 66 valence electrons. The zero-order valence-corrected chi connectivity index (χ0v) is 9.03. The molecule has 0 spiro atoms. The van der Waals surface area contributed by atoms with Crippen LogP contribution in [-0.2, 0) is 6.42 Å². The molecule has 0 radical (unpaired) electrons. The molecule has 1 aromatic carbocycles. The highest BCUT2D eigenvalue weighted by molar-refractivity contribution is 6.70. The van der Waals surface area contributed by atoms with Gasteiger partial charge in [-0.2, -0.15) is 0 Å². The molecule has 0 bridgehead atoms.